The zero-order valence-corrected chi connectivity index (χ0v) is 12.4. The summed E-state index contributed by atoms with van der Waals surface area (Å²) >= 11 is 0. The van der Waals surface area contributed by atoms with Crippen LogP contribution >= 0.6 is 0 Å². The number of nitrogens with two attached hydrogens (primary N) is 1. The lowest BCUT2D eigenvalue weighted by Gasteiger charge is -2.23. The molecule has 112 valence electrons. The fraction of sp³-hybridized carbons (Fsp3) is 0.733. The first-order valence-corrected chi connectivity index (χ1v) is 7.72. The average molecular weight is 278 g/mol. The Hall–Kier alpha value is -1.36. The van der Waals surface area contributed by atoms with E-state index in [1.54, 1.807) is 0 Å². The Balaban J connectivity index is 1.78. The third-order valence-corrected chi connectivity index (χ3v) is 4.07. The third kappa shape index (κ3) is 3.82. The molecular formula is C15H26N4O. The lowest BCUT2D eigenvalue weighted by Crippen LogP contribution is -2.30. The number of rotatable bonds is 7. The molecule has 5 nitrogen and oxygen atoms in total. The Morgan fingerprint density at radius 1 is 1.45 bits per heavy atom. The van der Waals surface area contributed by atoms with Crippen LogP contribution in [-0.2, 0) is 18.3 Å². The van der Waals surface area contributed by atoms with E-state index in [1.807, 2.05) is 17.9 Å². The number of aryl methyl sites for hydroxylation is 1. The van der Waals surface area contributed by atoms with Crippen LogP contribution in [0, 0.1) is 0 Å². The largest absolute Gasteiger partial charge is 0.349 e. The van der Waals surface area contributed by atoms with Crippen LogP contribution in [0.3, 0.4) is 0 Å². The first-order chi connectivity index (χ1) is 9.72. The fourth-order valence-electron chi connectivity index (χ4n) is 2.91. The van der Waals surface area contributed by atoms with Gasteiger partial charge in [-0.2, -0.15) is 5.10 Å². The summed E-state index contributed by atoms with van der Waals surface area (Å²) in [5, 5.41) is 7.47. The smallest absolute Gasteiger partial charge is 0.220 e. The van der Waals surface area contributed by atoms with Crippen LogP contribution in [0.5, 0.6) is 0 Å². The topological polar surface area (TPSA) is 72.9 Å². The highest BCUT2D eigenvalue weighted by molar-refractivity contribution is 5.76. The first-order valence-electron chi connectivity index (χ1n) is 7.72. The molecule has 0 radical (unpaired) electrons. The third-order valence-electron chi connectivity index (χ3n) is 4.07. The van der Waals surface area contributed by atoms with Crippen molar-refractivity contribution in [1.82, 2.24) is 15.1 Å². The number of nitrogens with one attached hydrogen (secondary N) is 1. The van der Waals surface area contributed by atoms with E-state index in [-0.39, 0.29) is 11.9 Å². The molecule has 1 atom stereocenters. The number of aromatic nitrogens is 2. The number of amides is 1. The Kier molecular flexibility index (Phi) is 5.59. The van der Waals surface area contributed by atoms with Gasteiger partial charge in [0.1, 0.15) is 0 Å². The van der Waals surface area contributed by atoms with Crippen molar-refractivity contribution in [3.8, 4) is 0 Å². The molecule has 0 aromatic carbocycles. The van der Waals surface area contributed by atoms with Gasteiger partial charge in [-0.05, 0) is 38.6 Å². The first kappa shape index (κ1) is 15.0. The molecule has 1 unspecified atom stereocenters. The minimum absolute atomic E-state index is 0.156. The van der Waals surface area contributed by atoms with Gasteiger partial charge in [0.05, 0.1) is 12.2 Å². The Labute approximate surface area is 120 Å². The fourth-order valence-corrected chi connectivity index (χ4v) is 2.91. The van der Waals surface area contributed by atoms with Crippen molar-refractivity contribution in [2.75, 3.05) is 6.54 Å². The predicted octanol–water partition coefficient (Wildman–Crippen LogP) is 1.82. The Bertz CT molecular complexity index is 441. The highest BCUT2D eigenvalue weighted by atomic mass is 16.1. The number of carbonyl (C=O) groups excluding carboxylic acids is 1. The van der Waals surface area contributed by atoms with Crippen molar-refractivity contribution in [2.45, 2.75) is 57.4 Å². The average Bonchev–Trinajstić information content (AvgIpc) is 2.82. The molecule has 0 bridgehead atoms. The van der Waals surface area contributed by atoms with Gasteiger partial charge in [0.25, 0.3) is 0 Å². The molecule has 0 fully saturated rings. The van der Waals surface area contributed by atoms with Crippen LogP contribution in [0.1, 0.15) is 62.2 Å². The number of carbonyl (C=O) groups is 1. The summed E-state index contributed by atoms with van der Waals surface area (Å²) < 4.78 is 1.93. The monoisotopic (exact) mass is 278 g/mol. The van der Waals surface area contributed by atoms with Gasteiger partial charge in [0.2, 0.25) is 5.91 Å². The normalized spacial score (nSPS) is 17.8. The second kappa shape index (κ2) is 7.43. The quantitative estimate of drug-likeness (QED) is 0.747. The van der Waals surface area contributed by atoms with Crippen molar-refractivity contribution in [2.24, 2.45) is 12.8 Å². The minimum atomic E-state index is 0.156. The molecular weight excluding hydrogens is 252 g/mol. The van der Waals surface area contributed by atoms with Crippen molar-refractivity contribution in [3.63, 3.8) is 0 Å². The molecule has 0 saturated carbocycles. The van der Waals surface area contributed by atoms with Crippen LogP contribution in [-0.4, -0.2) is 22.2 Å². The summed E-state index contributed by atoms with van der Waals surface area (Å²) in [5.74, 6) is 0.166. The van der Waals surface area contributed by atoms with Crippen LogP contribution in [0.4, 0.5) is 0 Å². The minimum Gasteiger partial charge on any atom is -0.349 e. The molecule has 2 rings (SSSR count). The molecule has 20 heavy (non-hydrogen) atoms. The van der Waals surface area contributed by atoms with E-state index in [2.05, 4.69) is 10.4 Å². The van der Waals surface area contributed by atoms with Gasteiger partial charge in [-0.1, -0.05) is 12.8 Å². The second-order valence-electron chi connectivity index (χ2n) is 5.64. The summed E-state index contributed by atoms with van der Waals surface area (Å²) in [6.07, 6.45) is 9.97. The molecule has 1 amide bonds. The van der Waals surface area contributed by atoms with Gasteiger partial charge in [-0.25, -0.2) is 0 Å². The number of unbranched alkanes of at least 4 members (excludes halogenated alkanes) is 3. The zero-order chi connectivity index (χ0) is 14.4. The molecule has 0 aliphatic heterocycles. The van der Waals surface area contributed by atoms with Crippen molar-refractivity contribution in [1.29, 1.82) is 0 Å². The molecule has 1 aliphatic rings. The van der Waals surface area contributed by atoms with E-state index < -0.39 is 0 Å². The maximum atomic E-state index is 12.0. The van der Waals surface area contributed by atoms with Crippen molar-refractivity contribution < 1.29 is 4.79 Å². The van der Waals surface area contributed by atoms with E-state index >= 15 is 0 Å². The summed E-state index contributed by atoms with van der Waals surface area (Å²) in [5.41, 5.74) is 7.93. The number of hydrogen-bond acceptors (Lipinski definition) is 3. The summed E-state index contributed by atoms with van der Waals surface area (Å²) in [6, 6.07) is 0.156. The SMILES string of the molecule is Cn1ncc2c1CCCC2NC(=O)CCCCCCN. The Morgan fingerprint density at radius 2 is 2.25 bits per heavy atom. The lowest BCUT2D eigenvalue weighted by molar-refractivity contribution is -0.122. The molecule has 0 spiro atoms. The lowest BCUT2D eigenvalue weighted by atomic mass is 9.93. The van der Waals surface area contributed by atoms with E-state index in [9.17, 15) is 4.79 Å². The molecule has 0 saturated heterocycles. The van der Waals surface area contributed by atoms with E-state index in [1.165, 1.54) is 11.3 Å². The molecule has 1 heterocycles. The molecule has 5 heteroatoms. The van der Waals surface area contributed by atoms with Gasteiger partial charge in [0.15, 0.2) is 0 Å². The maximum Gasteiger partial charge on any atom is 0.220 e. The number of hydrogen-bond donors (Lipinski definition) is 2. The van der Waals surface area contributed by atoms with Gasteiger partial charge in [0, 0.05) is 24.7 Å². The predicted molar refractivity (Wildman–Crippen MR) is 79.2 cm³/mol. The number of nitrogens with zero attached hydrogens (tertiary/aromatic N) is 2. The van der Waals surface area contributed by atoms with Gasteiger partial charge in [-0.3, -0.25) is 9.48 Å². The van der Waals surface area contributed by atoms with Gasteiger partial charge in [-0.15, -0.1) is 0 Å². The summed E-state index contributed by atoms with van der Waals surface area (Å²) in [6.45, 7) is 0.748. The number of fused-ring (bicyclic) bond motifs is 1. The van der Waals surface area contributed by atoms with Crippen LogP contribution in [0.2, 0.25) is 0 Å². The van der Waals surface area contributed by atoms with Gasteiger partial charge >= 0.3 is 0 Å². The molecule has 1 aromatic rings. The van der Waals surface area contributed by atoms with Crippen molar-refractivity contribution >= 4 is 5.91 Å². The standard InChI is InChI=1S/C15H26N4O/c1-19-14-8-6-7-13(12(14)11-17-19)18-15(20)9-4-2-3-5-10-16/h11,13H,2-10,16H2,1H3,(H,18,20). The summed E-state index contributed by atoms with van der Waals surface area (Å²) in [4.78, 5) is 12.0. The highest BCUT2D eigenvalue weighted by Crippen LogP contribution is 2.29. The molecule has 1 aliphatic carbocycles. The maximum absolute atomic E-state index is 12.0. The highest BCUT2D eigenvalue weighted by Gasteiger charge is 2.24. The van der Waals surface area contributed by atoms with E-state index in [0.29, 0.717) is 6.42 Å². The molecule has 3 N–H and O–H groups in total. The second-order valence-corrected chi connectivity index (χ2v) is 5.64. The zero-order valence-electron chi connectivity index (χ0n) is 12.4. The Morgan fingerprint density at radius 3 is 3.05 bits per heavy atom. The van der Waals surface area contributed by atoms with E-state index in [4.69, 9.17) is 5.73 Å². The van der Waals surface area contributed by atoms with E-state index in [0.717, 1.165) is 51.5 Å². The molecule has 1 aromatic heterocycles. The van der Waals surface area contributed by atoms with Crippen LogP contribution < -0.4 is 11.1 Å². The van der Waals surface area contributed by atoms with Gasteiger partial charge < -0.3 is 11.1 Å². The van der Waals surface area contributed by atoms with Crippen LogP contribution in [0.25, 0.3) is 0 Å². The summed E-state index contributed by atoms with van der Waals surface area (Å²) in [7, 11) is 1.97. The van der Waals surface area contributed by atoms with Crippen LogP contribution in [0.15, 0.2) is 6.20 Å². The van der Waals surface area contributed by atoms with Crippen molar-refractivity contribution in [3.05, 3.63) is 17.5 Å².